The summed E-state index contributed by atoms with van der Waals surface area (Å²) in [6, 6.07) is 7.79. The third-order valence-corrected chi connectivity index (χ3v) is 3.66. The number of carbonyl (C=O) groups excluding carboxylic acids is 1. The average Bonchev–Trinajstić information content (AvgIpc) is 3.02. The molecule has 8 heteroatoms. The number of nitro benzene ring substituents is 1. The molecular weight excluding hydrogens is 312 g/mol. The number of anilines is 1. The number of ether oxygens (including phenoxy) is 1. The van der Waals surface area contributed by atoms with Crippen molar-refractivity contribution in [3.05, 3.63) is 46.6 Å². The number of nitrogens with one attached hydrogen (secondary N) is 1. The van der Waals surface area contributed by atoms with Crippen LogP contribution in [0.4, 0.5) is 11.5 Å². The highest BCUT2D eigenvalue weighted by molar-refractivity contribution is 5.93. The van der Waals surface area contributed by atoms with Crippen molar-refractivity contribution in [2.45, 2.75) is 39.3 Å². The molecule has 0 radical (unpaired) electrons. The van der Waals surface area contributed by atoms with E-state index in [1.54, 1.807) is 29.1 Å². The van der Waals surface area contributed by atoms with Crippen LogP contribution in [0.2, 0.25) is 0 Å². The summed E-state index contributed by atoms with van der Waals surface area (Å²) in [5.41, 5.74) is -0.179. The molecule has 2 rings (SSSR count). The standard InChI is InChI=1S/C16H20N4O4/c1-4-11(2)19-15(9-10-17-19)18-16(21)12(3)24-14-8-6-5-7-13(14)20(22)23/h5-12H,4H2,1-3H3,(H,18,21)/t11-,12-/m1/s1. The maximum absolute atomic E-state index is 12.3. The zero-order valence-electron chi connectivity index (χ0n) is 13.8. The molecule has 1 aromatic carbocycles. The van der Waals surface area contributed by atoms with E-state index in [-0.39, 0.29) is 17.5 Å². The smallest absolute Gasteiger partial charge is 0.310 e. The van der Waals surface area contributed by atoms with Crippen molar-refractivity contribution >= 4 is 17.4 Å². The third-order valence-electron chi connectivity index (χ3n) is 3.66. The number of nitrogens with zero attached hydrogens (tertiary/aromatic N) is 3. The Hall–Kier alpha value is -2.90. The summed E-state index contributed by atoms with van der Waals surface area (Å²) < 4.78 is 7.18. The minimum atomic E-state index is -0.897. The lowest BCUT2D eigenvalue weighted by Crippen LogP contribution is -2.31. The Balaban J connectivity index is 2.09. The third kappa shape index (κ3) is 3.89. The highest BCUT2D eigenvalue weighted by Gasteiger charge is 2.22. The molecule has 0 aliphatic rings. The van der Waals surface area contributed by atoms with Gasteiger partial charge in [-0.1, -0.05) is 19.1 Å². The van der Waals surface area contributed by atoms with Gasteiger partial charge in [-0.2, -0.15) is 5.10 Å². The molecule has 24 heavy (non-hydrogen) atoms. The Bertz CT molecular complexity index is 728. The van der Waals surface area contributed by atoms with Gasteiger partial charge in [0, 0.05) is 12.1 Å². The normalized spacial score (nSPS) is 13.1. The van der Waals surface area contributed by atoms with E-state index in [2.05, 4.69) is 10.4 Å². The van der Waals surface area contributed by atoms with E-state index in [0.29, 0.717) is 5.82 Å². The fraction of sp³-hybridized carbons (Fsp3) is 0.375. The van der Waals surface area contributed by atoms with Crippen molar-refractivity contribution in [3.63, 3.8) is 0 Å². The van der Waals surface area contributed by atoms with Crippen molar-refractivity contribution < 1.29 is 14.5 Å². The quantitative estimate of drug-likeness (QED) is 0.620. The Kier molecular flexibility index (Phi) is 5.51. The predicted octanol–water partition coefficient (Wildman–Crippen LogP) is 3.17. The first-order chi connectivity index (χ1) is 11.4. The fourth-order valence-corrected chi connectivity index (χ4v) is 2.12. The number of amides is 1. The van der Waals surface area contributed by atoms with Gasteiger partial charge < -0.3 is 10.1 Å². The zero-order valence-corrected chi connectivity index (χ0v) is 13.8. The topological polar surface area (TPSA) is 99.3 Å². The van der Waals surface area contributed by atoms with Gasteiger partial charge in [0.2, 0.25) is 0 Å². The second-order valence-electron chi connectivity index (χ2n) is 5.39. The number of aromatic nitrogens is 2. The lowest BCUT2D eigenvalue weighted by Gasteiger charge is -2.17. The van der Waals surface area contributed by atoms with E-state index in [4.69, 9.17) is 4.74 Å². The lowest BCUT2D eigenvalue weighted by atomic mass is 10.2. The molecular formula is C16H20N4O4. The van der Waals surface area contributed by atoms with Gasteiger partial charge in [0.15, 0.2) is 11.9 Å². The maximum Gasteiger partial charge on any atom is 0.310 e. The van der Waals surface area contributed by atoms with Crippen LogP contribution in [0.3, 0.4) is 0 Å². The summed E-state index contributed by atoms with van der Waals surface area (Å²) in [5.74, 6) is 0.214. The van der Waals surface area contributed by atoms with E-state index in [9.17, 15) is 14.9 Å². The Morgan fingerprint density at radius 3 is 2.75 bits per heavy atom. The number of rotatable bonds is 7. The molecule has 0 saturated carbocycles. The van der Waals surface area contributed by atoms with Gasteiger partial charge in [0.05, 0.1) is 17.2 Å². The summed E-state index contributed by atoms with van der Waals surface area (Å²) in [6.07, 6.45) is 1.58. The largest absolute Gasteiger partial charge is 0.474 e. The van der Waals surface area contributed by atoms with Crippen LogP contribution in [0, 0.1) is 10.1 Å². The molecule has 0 unspecified atom stereocenters. The van der Waals surface area contributed by atoms with Crippen molar-refractivity contribution in [2.24, 2.45) is 0 Å². The molecule has 8 nitrogen and oxygen atoms in total. The molecule has 0 aliphatic carbocycles. The Morgan fingerprint density at radius 1 is 1.38 bits per heavy atom. The highest BCUT2D eigenvalue weighted by atomic mass is 16.6. The van der Waals surface area contributed by atoms with Crippen LogP contribution >= 0.6 is 0 Å². The van der Waals surface area contributed by atoms with Gasteiger partial charge in [-0.3, -0.25) is 14.9 Å². The molecule has 1 heterocycles. The van der Waals surface area contributed by atoms with Crippen LogP contribution in [-0.4, -0.2) is 26.7 Å². The summed E-state index contributed by atoms with van der Waals surface area (Å²) in [7, 11) is 0. The fourth-order valence-electron chi connectivity index (χ4n) is 2.12. The second kappa shape index (κ2) is 7.58. The zero-order chi connectivity index (χ0) is 17.7. The summed E-state index contributed by atoms with van der Waals surface area (Å²) >= 11 is 0. The van der Waals surface area contributed by atoms with Crippen molar-refractivity contribution in [1.82, 2.24) is 9.78 Å². The molecule has 0 saturated heterocycles. The summed E-state index contributed by atoms with van der Waals surface area (Å²) in [5, 5.41) is 17.9. The van der Waals surface area contributed by atoms with E-state index in [1.807, 2.05) is 13.8 Å². The predicted molar refractivity (Wildman–Crippen MR) is 89.0 cm³/mol. The van der Waals surface area contributed by atoms with Crippen molar-refractivity contribution in [2.75, 3.05) is 5.32 Å². The molecule has 2 aromatic rings. The number of benzene rings is 1. The first-order valence-corrected chi connectivity index (χ1v) is 7.68. The van der Waals surface area contributed by atoms with Crippen LogP contribution in [0.5, 0.6) is 5.75 Å². The Morgan fingerprint density at radius 2 is 2.08 bits per heavy atom. The van der Waals surface area contributed by atoms with Crippen LogP contribution in [0.15, 0.2) is 36.5 Å². The van der Waals surface area contributed by atoms with E-state index < -0.39 is 16.9 Å². The van der Waals surface area contributed by atoms with E-state index >= 15 is 0 Å². The van der Waals surface area contributed by atoms with E-state index in [1.165, 1.54) is 19.1 Å². The van der Waals surface area contributed by atoms with Gasteiger partial charge in [-0.25, -0.2) is 4.68 Å². The number of carbonyl (C=O) groups is 1. The first-order valence-electron chi connectivity index (χ1n) is 7.68. The molecule has 0 fully saturated rings. The molecule has 128 valence electrons. The first kappa shape index (κ1) is 17.5. The van der Waals surface area contributed by atoms with E-state index in [0.717, 1.165) is 6.42 Å². The second-order valence-corrected chi connectivity index (χ2v) is 5.39. The molecule has 1 amide bonds. The number of nitro groups is 1. The molecule has 0 spiro atoms. The molecule has 2 atom stereocenters. The van der Waals surface area contributed by atoms with Crippen LogP contribution < -0.4 is 10.1 Å². The number of hydrogen-bond donors (Lipinski definition) is 1. The molecule has 0 bridgehead atoms. The van der Waals surface area contributed by atoms with Gasteiger partial charge in [-0.15, -0.1) is 0 Å². The monoisotopic (exact) mass is 332 g/mol. The maximum atomic E-state index is 12.3. The SMILES string of the molecule is CC[C@@H](C)n1nccc1NC(=O)[C@@H](C)Oc1ccccc1[N+](=O)[O-]. The minimum Gasteiger partial charge on any atom is -0.474 e. The van der Waals surface area contributed by atoms with Gasteiger partial charge in [0.25, 0.3) is 5.91 Å². The van der Waals surface area contributed by atoms with Gasteiger partial charge in [0.1, 0.15) is 5.82 Å². The highest BCUT2D eigenvalue weighted by Crippen LogP contribution is 2.27. The lowest BCUT2D eigenvalue weighted by molar-refractivity contribution is -0.386. The average molecular weight is 332 g/mol. The molecule has 1 N–H and O–H groups in total. The number of para-hydroxylation sites is 2. The summed E-state index contributed by atoms with van der Waals surface area (Å²) in [6.45, 7) is 5.56. The van der Waals surface area contributed by atoms with Crippen molar-refractivity contribution in [3.8, 4) is 5.75 Å². The van der Waals surface area contributed by atoms with Crippen LogP contribution in [0.25, 0.3) is 0 Å². The Labute approximate surface area is 139 Å². The van der Waals surface area contributed by atoms with Crippen molar-refractivity contribution in [1.29, 1.82) is 0 Å². The van der Waals surface area contributed by atoms with Crippen LogP contribution in [-0.2, 0) is 4.79 Å². The van der Waals surface area contributed by atoms with Crippen LogP contribution in [0.1, 0.15) is 33.2 Å². The molecule has 0 aliphatic heterocycles. The van der Waals surface area contributed by atoms with Gasteiger partial charge in [-0.05, 0) is 26.3 Å². The molecule has 1 aromatic heterocycles. The minimum absolute atomic E-state index is 0.0561. The van der Waals surface area contributed by atoms with Gasteiger partial charge >= 0.3 is 5.69 Å². The summed E-state index contributed by atoms with van der Waals surface area (Å²) in [4.78, 5) is 22.8. The number of hydrogen-bond acceptors (Lipinski definition) is 5.